The average Bonchev–Trinajstić information content (AvgIpc) is 2.64. The highest BCUT2D eigenvalue weighted by molar-refractivity contribution is 9.12. The Morgan fingerprint density at radius 3 is 1.53 bits per heavy atom. The summed E-state index contributed by atoms with van der Waals surface area (Å²) in [5.41, 5.74) is 10.7. The van der Waals surface area contributed by atoms with E-state index in [0.717, 1.165) is 6.42 Å². The molecule has 6 unspecified atom stereocenters. The van der Waals surface area contributed by atoms with E-state index in [-0.39, 0.29) is 21.5 Å². The molecular formula is C9H12Br2N2O2. The summed E-state index contributed by atoms with van der Waals surface area (Å²) in [6, 6.07) is 0. The van der Waals surface area contributed by atoms with Gasteiger partial charge in [-0.3, -0.25) is 9.59 Å². The summed E-state index contributed by atoms with van der Waals surface area (Å²) in [6.45, 7) is 0. The summed E-state index contributed by atoms with van der Waals surface area (Å²) in [5, 5.41) is 0. The van der Waals surface area contributed by atoms with Crippen LogP contribution in [-0.2, 0) is 9.59 Å². The number of amides is 2. The number of nitrogens with two attached hydrogens (primary N) is 2. The molecule has 4 nitrogen and oxygen atoms in total. The van der Waals surface area contributed by atoms with Gasteiger partial charge in [-0.1, -0.05) is 31.9 Å². The summed E-state index contributed by atoms with van der Waals surface area (Å²) in [6.07, 6.45) is 0.840. The third-order valence-corrected chi connectivity index (χ3v) is 6.84. The SMILES string of the molecule is NC(=O)C1C2CC(C(Br)C2Br)C1C(N)=O. The molecule has 0 aromatic rings. The third-order valence-electron chi connectivity index (χ3n) is 3.63. The smallest absolute Gasteiger partial charge is 0.221 e. The molecule has 15 heavy (non-hydrogen) atoms. The fraction of sp³-hybridized carbons (Fsp3) is 0.778. The van der Waals surface area contributed by atoms with Crippen LogP contribution in [0.2, 0.25) is 0 Å². The van der Waals surface area contributed by atoms with Crippen LogP contribution in [0.5, 0.6) is 0 Å². The maximum absolute atomic E-state index is 11.3. The van der Waals surface area contributed by atoms with Crippen molar-refractivity contribution in [2.24, 2.45) is 35.1 Å². The molecule has 0 aromatic carbocycles. The van der Waals surface area contributed by atoms with Crippen LogP contribution in [0.3, 0.4) is 0 Å². The Kier molecular flexibility index (Phi) is 2.83. The van der Waals surface area contributed by atoms with Gasteiger partial charge in [-0.25, -0.2) is 0 Å². The fourth-order valence-corrected chi connectivity index (χ4v) is 4.92. The lowest BCUT2D eigenvalue weighted by Crippen LogP contribution is -2.47. The summed E-state index contributed by atoms with van der Waals surface area (Å²) in [7, 11) is 0. The molecule has 6 atom stereocenters. The van der Waals surface area contributed by atoms with Crippen LogP contribution in [-0.4, -0.2) is 21.5 Å². The van der Waals surface area contributed by atoms with Crippen LogP contribution in [0, 0.1) is 23.7 Å². The van der Waals surface area contributed by atoms with Gasteiger partial charge in [0.25, 0.3) is 0 Å². The van der Waals surface area contributed by atoms with E-state index in [9.17, 15) is 9.59 Å². The summed E-state index contributed by atoms with van der Waals surface area (Å²) in [4.78, 5) is 23.1. The fourth-order valence-electron chi connectivity index (χ4n) is 3.04. The first-order valence-electron chi connectivity index (χ1n) is 4.82. The topological polar surface area (TPSA) is 86.2 Å². The molecule has 2 fully saturated rings. The number of fused-ring (bicyclic) bond motifs is 2. The normalized spacial score (nSPS) is 48.1. The second-order valence-electron chi connectivity index (χ2n) is 4.31. The van der Waals surface area contributed by atoms with Crippen molar-refractivity contribution in [2.75, 3.05) is 0 Å². The van der Waals surface area contributed by atoms with E-state index in [1.165, 1.54) is 0 Å². The van der Waals surface area contributed by atoms with Crippen LogP contribution < -0.4 is 11.5 Å². The Hall–Kier alpha value is -0.100. The molecule has 0 saturated heterocycles. The Labute approximate surface area is 104 Å². The monoisotopic (exact) mass is 338 g/mol. The Morgan fingerprint density at radius 2 is 1.27 bits per heavy atom. The number of primary amides is 2. The van der Waals surface area contributed by atoms with Gasteiger partial charge in [0.15, 0.2) is 0 Å². The molecule has 2 bridgehead atoms. The highest BCUT2D eigenvalue weighted by Gasteiger charge is 2.60. The van der Waals surface area contributed by atoms with Crippen molar-refractivity contribution in [3.8, 4) is 0 Å². The summed E-state index contributed by atoms with van der Waals surface area (Å²) < 4.78 is 0. The molecular weight excluding hydrogens is 328 g/mol. The Balaban J connectivity index is 2.32. The van der Waals surface area contributed by atoms with Gasteiger partial charge in [0.05, 0.1) is 11.8 Å². The van der Waals surface area contributed by atoms with Crippen LogP contribution in [0.4, 0.5) is 0 Å². The molecule has 2 aliphatic carbocycles. The molecule has 2 rings (SSSR count). The minimum absolute atomic E-state index is 0.134. The standard InChI is InChI=1S/C9H12Br2N2O2/c10-6-2-1-3(7(6)11)5(9(13)15)4(2)8(12)14/h2-7H,1H2,(H2,12,14)(H2,13,15). The lowest BCUT2D eigenvalue weighted by molar-refractivity contribution is -0.133. The third kappa shape index (κ3) is 1.53. The van der Waals surface area contributed by atoms with Crippen molar-refractivity contribution in [1.82, 2.24) is 0 Å². The Bertz CT molecular complexity index is 293. The van der Waals surface area contributed by atoms with Gasteiger partial charge < -0.3 is 11.5 Å². The zero-order chi connectivity index (χ0) is 11.3. The number of hydrogen-bond acceptors (Lipinski definition) is 2. The molecule has 2 amide bonds. The molecule has 2 saturated carbocycles. The lowest BCUT2D eigenvalue weighted by atomic mass is 9.78. The molecule has 0 radical (unpaired) electrons. The molecule has 0 aromatic heterocycles. The maximum atomic E-state index is 11.3. The molecule has 6 heteroatoms. The number of hydrogen-bond donors (Lipinski definition) is 2. The maximum Gasteiger partial charge on any atom is 0.221 e. The van der Waals surface area contributed by atoms with E-state index in [1.54, 1.807) is 0 Å². The van der Waals surface area contributed by atoms with E-state index in [1.807, 2.05) is 0 Å². The minimum atomic E-state index is -0.407. The molecule has 4 N–H and O–H groups in total. The summed E-state index contributed by atoms with van der Waals surface area (Å²) >= 11 is 7.08. The quantitative estimate of drug-likeness (QED) is 0.712. The van der Waals surface area contributed by atoms with Crippen molar-refractivity contribution in [2.45, 2.75) is 16.1 Å². The minimum Gasteiger partial charge on any atom is -0.369 e. The van der Waals surface area contributed by atoms with Crippen molar-refractivity contribution < 1.29 is 9.59 Å². The van der Waals surface area contributed by atoms with Gasteiger partial charge in [-0.05, 0) is 18.3 Å². The Morgan fingerprint density at radius 1 is 0.933 bits per heavy atom. The summed E-state index contributed by atoms with van der Waals surface area (Å²) in [5.74, 6) is -1.34. The zero-order valence-electron chi connectivity index (χ0n) is 7.90. The van der Waals surface area contributed by atoms with Crippen molar-refractivity contribution in [3.05, 3.63) is 0 Å². The molecule has 2 aliphatic rings. The second-order valence-corrected chi connectivity index (χ2v) is 6.42. The van der Waals surface area contributed by atoms with Crippen molar-refractivity contribution in [1.29, 1.82) is 0 Å². The first kappa shape index (κ1) is 11.4. The van der Waals surface area contributed by atoms with Crippen LogP contribution in [0.1, 0.15) is 6.42 Å². The van der Waals surface area contributed by atoms with Gasteiger partial charge in [0, 0.05) is 9.65 Å². The molecule has 0 aliphatic heterocycles. The van der Waals surface area contributed by atoms with Gasteiger partial charge in [-0.15, -0.1) is 0 Å². The predicted octanol–water partition coefficient (Wildman–Crippen LogP) is 0.366. The van der Waals surface area contributed by atoms with Crippen molar-refractivity contribution in [3.63, 3.8) is 0 Å². The van der Waals surface area contributed by atoms with E-state index in [2.05, 4.69) is 31.9 Å². The lowest BCUT2D eigenvalue weighted by Gasteiger charge is -2.33. The number of rotatable bonds is 2. The van der Waals surface area contributed by atoms with E-state index in [0.29, 0.717) is 0 Å². The number of carbonyl (C=O) groups excluding carboxylic acids is 2. The first-order chi connectivity index (χ1) is 6.95. The van der Waals surface area contributed by atoms with E-state index in [4.69, 9.17) is 11.5 Å². The van der Waals surface area contributed by atoms with Gasteiger partial charge >= 0.3 is 0 Å². The van der Waals surface area contributed by atoms with Crippen LogP contribution in [0.25, 0.3) is 0 Å². The van der Waals surface area contributed by atoms with Crippen molar-refractivity contribution >= 4 is 43.7 Å². The van der Waals surface area contributed by atoms with Gasteiger partial charge in [0.1, 0.15) is 0 Å². The average molecular weight is 340 g/mol. The van der Waals surface area contributed by atoms with Crippen LogP contribution >= 0.6 is 31.9 Å². The molecule has 0 spiro atoms. The van der Waals surface area contributed by atoms with Gasteiger partial charge in [0.2, 0.25) is 11.8 Å². The zero-order valence-corrected chi connectivity index (χ0v) is 11.1. The van der Waals surface area contributed by atoms with Crippen LogP contribution in [0.15, 0.2) is 0 Å². The second kappa shape index (κ2) is 3.73. The molecule has 84 valence electrons. The number of halogens is 2. The number of alkyl halides is 2. The predicted molar refractivity (Wildman–Crippen MR) is 62.4 cm³/mol. The molecule has 0 heterocycles. The highest BCUT2D eigenvalue weighted by Crippen LogP contribution is 2.56. The van der Waals surface area contributed by atoms with E-state index < -0.39 is 23.7 Å². The highest BCUT2D eigenvalue weighted by atomic mass is 79.9. The number of carbonyl (C=O) groups is 2. The van der Waals surface area contributed by atoms with E-state index >= 15 is 0 Å². The first-order valence-corrected chi connectivity index (χ1v) is 6.65. The van der Waals surface area contributed by atoms with Gasteiger partial charge in [-0.2, -0.15) is 0 Å². The largest absolute Gasteiger partial charge is 0.369 e.